The molecule has 21 heavy (non-hydrogen) atoms. The second-order valence-corrected chi connectivity index (χ2v) is 5.57. The number of anilines is 2. The normalized spacial score (nSPS) is 18.0. The van der Waals surface area contributed by atoms with Gasteiger partial charge in [-0.15, -0.1) is 0 Å². The largest absolute Gasteiger partial charge is 0.361 e. The highest BCUT2D eigenvalue weighted by Crippen LogP contribution is 2.34. The maximum absolute atomic E-state index is 4.73. The zero-order chi connectivity index (χ0) is 14.8. The van der Waals surface area contributed by atoms with Gasteiger partial charge < -0.3 is 9.80 Å². The zero-order valence-electron chi connectivity index (χ0n) is 12.7. The third-order valence-electron chi connectivity index (χ3n) is 3.78. The minimum atomic E-state index is 0.242. The van der Waals surface area contributed by atoms with Crippen LogP contribution in [0.4, 0.5) is 11.6 Å². The summed E-state index contributed by atoms with van der Waals surface area (Å²) in [6.07, 6.45) is 7.50. The number of aromatic nitrogens is 4. The van der Waals surface area contributed by atoms with E-state index >= 15 is 0 Å². The van der Waals surface area contributed by atoms with E-state index in [9.17, 15) is 0 Å². The van der Waals surface area contributed by atoms with Crippen molar-refractivity contribution in [1.82, 2.24) is 19.9 Å². The molecule has 0 aliphatic carbocycles. The first kappa shape index (κ1) is 13.7. The summed E-state index contributed by atoms with van der Waals surface area (Å²) in [7, 11) is 3.96. The summed E-state index contributed by atoms with van der Waals surface area (Å²) in [6.45, 7) is 2.98. The number of aryl methyl sites for hydroxylation is 1. The number of nitrogens with zero attached hydrogens (tertiary/aromatic N) is 6. The monoisotopic (exact) mass is 284 g/mol. The van der Waals surface area contributed by atoms with Crippen molar-refractivity contribution in [2.24, 2.45) is 0 Å². The van der Waals surface area contributed by atoms with Gasteiger partial charge in [0.25, 0.3) is 0 Å². The van der Waals surface area contributed by atoms with Crippen molar-refractivity contribution >= 4 is 11.6 Å². The minimum absolute atomic E-state index is 0.242. The van der Waals surface area contributed by atoms with Gasteiger partial charge in [-0.2, -0.15) is 0 Å². The topological polar surface area (TPSA) is 58.0 Å². The number of rotatable bonds is 3. The van der Waals surface area contributed by atoms with Crippen LogP contribution in [0.5, 0.6) is 0 Å². The van der Waals surface area contributed by atoms with Crippen LogP contribution in [0.1, 0.15) is 30.3 Å². The first-order chi connectivity index (χ1) is 10.1. The highest BCUT2D eigenvalue weighted by molar-refractivity contribution is 5.44. The van der Waals surface area contributed by atoms with E-state index in [-0.39, 0.29) is 6.04 Å². The Morgan fingerprint density at radius 3 is 2.86 bits per heavy atom. The molecule has 0 aromatic carbocycles. The smallest absolute Gasteiger partial charge is 0.146 e. The summed E-state index contributed by atoms with van der Waals surface area (Å²) in [6, 6.07) is 2.27. The highest BCUT2D eigenvalue weighted by atomic mass is 15.2. The molecule has 0 radical (unpaired) electrons. The van der Waals surface area contributed by atoms with E-state index in [1.54, 1.807) is 12.5 Å². The molecule has 0 amide bonds. The molecule has 1 aliphatic heterocycles. The molecule has 2 aromatic heterocycles. The third kappa shape index (κ3) is 2.79. The molecular weight excluding hydrogens is 264 g/mol. The lowest BCUT2D eigenvalue weighted by Gasteiger charge is -2.25. The van der Waals surface area contributed by atoms with E-state index in [1.807, 2.05) is 38.2 Å². The van der Waals surface area contributed by atoms with E-state index in [0.29, 0.717) is 0 Å². The quantitative estimate of drug-likeness (QED) is 0.859. The second-order valence-electron chi connectivity index (χ2n) is 5.57. The average molecular weight is 284 g/mol. The summed E-state index contributed by atoms with van der Waals surface area (Å²) < 4.78 is 0. The van der Waals surface area contributed by atoms with Gasteiger partial charge in [-0.1, -0.05) is 0 Å². The van der Waals surface area contributed by atoms with Crippen LogP contribution in [0.15, 0.2) is 24.8 Å². The van der Waals surface area contributed by atoms with Gasteiger partial charge in [0, 0.05) is 32.4 Å². The summed E-state index contributed by atoms with van der Waals surface area (Å²) in [5, 5.41) is 0. The fourth-order valence-electron chi connectivity index (χ4n) is 2.69. The Morgan fingerprint density at radius 1 is 1.24 bits per heavy atom. The molecule has 2 aromatic rings. The number of hydrogen-bond donors (Lipinski definition) is 0. The van der Waals surface area contributed by atoms with Crippen molar-refractivity contribution in [3.63, 3.8) is 0 Å². The van der Waals surface area contributed by atoms with E-state index in [4.69, 9.17) is 4.98 Å². The Hall–Kier alpha value is -2.24. The fourth-order valence-corrected chi connectivity index (χ4v) is 2.69. The van der Waals surface area contributed by atoms with Gasteiger partial charge in [0.1, 0.15) is 18.0 Å². The molecular formula is C15H20N6. The molecule has 0 saturated carbocycles. The maximum Gasteiger partial charge on any atom is 0.146 e. The second kappa shape index (κ2) is 5.63. The van der Waals surface area contributed by atoms with Gasteiger partial charge in [0.15, 0.2) is 0 Å². The van der Waals surface area contributed by atoms with Crippen molar-refractivity contribution < 1.29 is 0 Å². The summed E-state index contributed by atoms with van der Waals surface area (Å²) in [4.78, 5) is 21.9. The molecule has 1 fully saturated rings. The van der Waals surface area contributed by atoms with Crippen molar-refractivity contribution in [3.8, 4) is 0 Å². The minimum Gasteiger partial charge on any atom is -0.361 e. The maximum atomic E-state index is 4.73. The predicted octanol–water partition coefficient (Wildman–Crippen LogP) is 1.98. The first-order valence-electron chi connectivity index (χ1n) is 7.19. The Bertz CT molecular complexity index is 627. The van der Waals surface area contributed by atoms with Gasteiger partial charge in [0.05, 0.1) is 24.1 Å². The standard InChI is InChI=1S/C15H20N6/c1-11-7-14(18-10-17-11)21-6-4-5-13(21)12-8-16-9-15(19-12)20(2)3/h7-10,13H,4-6H2,1-3H3/t13-/m0/s1. The van der Waals surface area contributed by atoms with Gasteiger partial charge >= 0.3 is 0 Å². The van der Waals surface area contributed by atoms with E-state index in [1.165, 1.54) is 0 Å². The lowest BCUT2D eigenvalue weighted by atomic mass is 10.1. The zero-order valence-corrected chi connectivity index (χ0v) is 12.7. The number of hydrogen-bond acceptors (Lipinski definition) is 6. The lowest BCUT2D eigenvalue weighted by molar-refractivity contribution is 0.680. The predicted molar refractivity (Wildman–Crippen MR) is 82.4 cm³/mol. The van der Waals surface area contributed by atoms with Crippen molar-refractivity contribution in [2.75, 3.05) is 30.4 Å². The summed E-state index contributed by atoms with van der Waals surface area (Å²) >= 11 is 0. The molecule has 1 aliphatic rings. The molecule has 0 spiro atoms. The first-order valence-corrected chi connectivity index (χ1v) is 7.19. The molecule has 3 rings (SSSR count). The molecule has 0 unspecified atom stereocenters. The van der Waals surface area contributed by atoms with Crippen LogP contribution in [-0.4, -0.2) is 40.6 Å². The molecule has 0 bridgehead atoms. The van der Waals surface area contributed by atoms with Crippen LogP contribution in [0.2, 0.25) is 0 Å². The Morgan fingerprint density at radius 2 is 2.10 bits per heavy atom. The van der Waals surface area contributed by atoms with Crippen molar-refractivity contribution in [3.05, 3.63) is 36.2 Å². The van der Waals surface area contributed by atoms with E-state index in [2.05, 4.69) is 19.9 Å². The molecule has 6 heteroatoms. The Kier molecular flexibility index (Phi) is 3.68. The molecule has 3 heterocycles. The van der Waals surface area contributed by atoms with Crippen LogP contribution in [-0.2, 0) is 0 Å². The van der Waals surface area contributed by atoms with Gasteiger partial charge in [-0.25, -0.2) is 15.0 Å². The fraction of sp³-hybridized carbons (Fsp3) is 0.467. The third-order valence-corrected chi connectivity index (χ3v) is 3.78. The van der Waals surface area contributed by atoms with Crippen molar-refractivity contribution in [1.29, 1.82) is 0 Å². The van der Waals surface area contributed by atoms with Crippen molar-refractivity contribution in [2.45, 2.75) is 25.8 Å². The Labute approximate surface area is 124 Å². The molecule has 1 atom stereocenters. The van der Waals surface area contributed by atoms with Gasteiger partial charge in [0.2, 0.25) is 0 Å². The summed E-state index contributed by atoms with van der Waals surface area (Å²) in [5.41, 5.74) is 1.99. The highest BCUT2D eigenvalue weighted by Gasteiger charge is 2.28. The van der Waals surface area contributed by atoms with Crippen LogP contribution in [0.25, 0.3) is 0 Å². The molecule has 110 valence electrons. The summed E-state index contributed by atoms with van der Waals surface area (Å²) in [5.74, 6) is 1.86. The van der Waals surface area contributed by atoms with E-state index < -0.39 is 0 Å². The lowest BCUT2D eigenvalue weighted by Crippen LogP contribution is -2.25. The van der Waals surface area contributed by atoms with E-state index in [0.717, 1.165) is 42.4 Å². The Balaban J connectivity index is 1.92. The van der Waals surface area contributed by atoms with Crippen LogP contribution in [0.3, 0.4) is 0 Å². The SMILES string of the molecule is Cc1cc(N2CCC[C@H]2c2cncc(N(C)C)n2)ncn1. The molecule has 0 N–H and O–H groups in total. The van der Waals surface area contributed by atoms with Crippen LogP contribution in [0, 0.1) is 6.92 Å². The molecule has 6 nitrogen and oxygen atoms in total. The van der Waals surface area contributed by atoms with Crippen LogP contribution >= 0.6 is 0 Å². The molecule has 1 saturated heterocycles. The average Bonchev–Trinajstić information content (AvgIpc) is 2.97. The van der Waals surface area contributed by atoms with Gasteiger partial charge in [-0.05, 0) is 19.8 Å². The van der Waals surface area contributed by atoms with Gasteiger partial charge in [-0.3, -0.25) is 4.98 Å². The van der Waals surface area contributed by atoms with Crippen LogP contribution < -0.4 is 9.80 Å².